The molecule has 0 heterocycles. The lowest BCUT2D eigenvalue weighted by Crippen LogP contribution is -2.59. The maximum Gasteiger partial charge on any atom is 0.415 e. The minimum Gasteiger partial charge on any atom is -0.459 e. The second-order valence-corrected chi connectivity index (χ2v) is 12.6. The minimum absolute atomic E-state index is 0.0232. The second-order valence-electron chi connectivity index (χ2n) is 6.80. The lowest BCUT2D eigenvalue weighted by Gasteiger charge is -2.28. The zero-order valence-electron chi connectivity index (χ0n) is 15.8. The van der Waals surface area contributed by atoms with Crippen molar-refractivity contribution < 1.29 is 49.2 Å². The highest BCUT2D eigenvalue weighted by molar-refractivity contribution is 14.1. The highest BCUT2D eigenvalue weighted by Gasteiger charge is 2.64. The van der Waals surface area contributed by atoms with Gasteiger partial charge in [-0.3, -0.25) is 9.35 Å². The fraction of sp³-hybridized carbons (Fsp3) is 0.500. The predicted molar refractivity (Wildman–Crippen MR) is 139 cm³/mol. The number of hydrogen-bond acceptors (Lipinski definition) is 5. The number of amides is 1. The first-order valence-corrected chi connectivity index (χ1v) is 14.5. The van der Waals surface area contributed by atoms with Crippen LogP contribution < -0.4 is 5.32 Å². The van der Waals surface area contributed by atoms with Crippen LogP contribution in [0, 0.1) is 14.3 Å². The van der Waals surface area contributed by atoms with Crippen molar-refractivity contribution in [1.29, 1.82) is 0 Å². The average molecular weight is 949 g/mol. The standard InChI is InChI=1S/C16H12F5I4NO6S/c17-15(18,19)14(16(20,21)33(29,30)31)26-12(27)6-7(9(23)11(25)10(24)8(6)22)13(28)32-5-3-1-2-4-5/h5,14H,1-4H2,(H,26,27)(H,29,30,31). The molecule has 1 unspecified atom stereocenters. The van der Waals surface area contributed by atoms with Gasteiger partial charge in [0.25, 0.3) is 5.91 Å². The molecule has 0 saturated heterocycles. The van der Waals surface area contributed by atoms with Crippen LogP contribution in [0.3, 0.4) is 0 Å². The smallest absolute Gasteiger partial charge is 0.415 e. The third-order valence-corrected chi connectivity index (χ3v) is 12.9. The molecular weight excluding hydrogens is 937 g/mol. The Hall–Kier alpha value is 0.640. The van der Waals surface area contributed by atoms with E-state index in [1.54, 1.807) is 67.8 Å². The molecule has 2 N–H and O–H groups in total. The van der Waals surface area contributed by atoms with E-state index in [0.29, 0.717) is 20.0 Å². The fourth-order valence-electron chi connectivity index (χ4n) is 2.96. The summed E-state index contributed by atoms with van der Waals surface area (Å²) in [5.41, 5.74) is -1.10. The van der Waals surface area contributed by atoms with Gasteiger partial charge in [0.05, 0.1) is 11.1 Å². The van der Waals surface area contributed by atoms with Gasteiger partial charge in [-0.1, -0.05) is 0 Å². The number of ether oxygens (including phenoxy) is 1. The molecule has 1 aromatic carbocycles. The topological polar surface area (TPSA) is 110 Å². The lowest BCUT2D eigenvalue weighted by molar-refractivity contribution is -0.191. The van der Waals surface area contributed by atoms with E-state index >= 15 is 0 Å². The number of rotatable bonds is 6. The predicted octanol–water partition coefficient (Wildman–Crippen LogP) is 5.35. The number of hydrogen-bond donors (Lipinski definition) is 2. The van der Waals surface area contributed by atoms with Crippen molar-refractivity contribution in [3.05, 3.63) is 25.4 Å². The number of esters is 1. The van der Waals surface area contributed by atoms with Crippen LogP contribution in [0.2, 0.25) is 0 Å². The van der Waals surface area contributed by atoms with Gasteiger partial charge in [0.1, 0.15) is 6.10 Å². The molecule has 1 aliphatic rings. The molecule has 0 bridgehead atoms. The van der Waals surface area contributed by atoms with Crippen LogP contribution in [-0.4, -0.2) is 48.4 Å². The first kappa shape index (κ1) is 29.9. The molecular formula is C16H12F5I4NO6S. The van der Waals surface area contributed by atoms with Crippen molar-refractivity contribution in [2.45, 2.75) is 49.3 Å². The summed E-state index contributed by atoms with van der Waals surface area (Å²) >= 11 is 6.87. The van der Waals surface area contributed by atoms with Crippen molar-refractivity contribution in [3.8, 4) is 0 Å². The Balaban J connectivity index is 2.61. The summed E-state index contributed by atoms with van der Waals surface area (Å²) in [4.78, 5) is 25.7. The number of carbonyl (C=O) groups excluding carboxylic acids is 2. The summed E-state index contributed by atoms with van der Waals surface area (Å²) in [7, 11) is -6.55. The van der Waals surface area contributed by atoms with E-state index in [-0.39, 0.29) is 7.14 Å². The van der Waals surface area contributed by atoms with Crippen molar-refractivity contribution >= 4 is 112 Å². The molecule has 0 aromatic heterocycles. The number of benzene rings is 1. The molecule has 2 rings (SSSR count). The molecule has 0 aliphatic heterocycles. The Morgan fingerprint density at radius 3 is 1.82 bits per heavy atom. The third-order valence-electron chi connectivity index (χ3n) is 4.56. The van der Waals surface area contributed by atoms with E-state index in [4.69, 9.17) is 9.29 Å². The van der Waals surface area contributed by atoms with E-state index in [1.807, 2.05) is 22.6 Å². The monoisotopic (exact) mass is 949 g/mol. The van der Waals surface area contributed by atoms with Crippen LogP contribution in [0.25, 0.3) is 0 Å². The van der Waals surface area contributed by atoms with E-state index in [0.717, 1.165) is 18.2 Å². The second kappa shape index (κ2) is 10.9. The Morgan fingerprint density at radius 2 is 1.39 bits per heavy atom. The zero-order chi connectivity index (χ0) is 25.5. The van der Waals surface area contributed by atoms with Gasteiger partial charge in [-0.15, -0.1) is 0 Å². The highest BCUT2D eigenvalue weighted by atomic mass is 127. The largest absolute Gasteiger partial charge is 0.459 e. The lowest BCUT2D eigenvalue weighted by atomic mass is 10.1. The van der Waals surface area contributed by atoms with Crippen molar-refractivity contribution in [3.63, 3.8) is 0 Å². The number of nitrogens with one attached hydrogen (secondary N) is 1. The van der Waals surface area contributed by atoms with E-state index < -0.39 is 56.7 Å². The van der Waals surface area contributed by atoms with Crippen LogP contribution in [-0.2, 0) is 14.9 Å². The summed E-state index contributed by atoms with van der Waals surface area (Å²) < 4.78 is 105. The summed E-state index contributed by atoms with van der Waals surface area (Å²) in [5.74, 6) is -2.80. The van der Waals surface area contributed by atoms with Crippen molar-refractivity contribution in [2.75, 3.05) is 0 Å². The molecule has 1 aromatic rings. The van der Waals surface area contributed by atoms with Crippen LogP contribution in [0.5, 0.6) is 0 Å². The molecule has 186 valence electrons. The molecule has 1 amide bonds. The summed E-state index contributed by atoms with van der Waals surface area (Å²) in [5, 5.41) is -4.84. The van der Waals surface area contributed by atoms with E-state index in [9.17, 15) is 40.0 Å². The van der Waals surface area contributed by atoms with Crippen LogP contribution >= 0.6 is 90.4 Å². The minimum atomic E-state index is -6.55. The van der Waals surface area contributed by atoms with Gasteiger partial charge in [0, 0.05) is 14.3 Å². The van der Waals surface area contributed by atoms with Crippen molar-refractivity contribution in [2.24, 2.45) is 0 Å². The molecule has 33 heavy (non-hydrogen) atoms. The zero-order valence-corrected chi connectivity index (χ0v) is 25.2. The summed E-state index contributed by atoms with van der Waals surface area (Å²) in [6.07, 6.45) is -3.73. The van der Waals surface area contributed by atoms with Crippen LogP contribution in [0.1, 0.15) is 46.4 Å². The van der Waals surface area contributed by atoms with Crippen LogP contribution in [0.4, 0.5) is 22.0 Å². The first-order chi connectivity index (χ1) is 14.9. The van der Waals surface area contributed by atoms with Gasteiger partial charge in [0.2, 0.25) is 6.04 Å². The Labute approximate surface area is 239 Å². The molecule has 0 spiro atoms. The summed E-state index contributed by atoms with van der Waals surface area (Å²) in [6, 6.07) is -4.28. The maximum atomic E-state index is 13.9. The molecule has 0 radical (unpaired) electrons. The van der Waals surface area contributed by atoms with Gasteiger partial charge in [-0.2, -0.15) is 30.4 Å². The van der Waals surface area contributed by atoms with Gasteiger partial charge < -0.3 is 10.1 Å². The van der Waals surface area contributed by atoms with Crippen LogP contribution in [0.15, 0.2) is 0 Å². The van der Waals surface area contributed by atoms with E-state index in [2.05, 4.69) is 0 Å². The molecule has 1 saturated carbocycles. The SMILES string of the molecule is O=C(NC(C(F)(F)F)C(F)(F)S(=O)(=O)O)c1c(I)c(I)c(I)c(I)c1C(=O)OC1CCCC1. The quantitative estimate of drug-likeness (QED) is 0.0996. The Kier molecular flexibility index (Phi) is 9.91. The van der Waals surface area contributed by atoms with Gasteiger partial charge >= 0.3 is 27.5 Å². The molecule has 1 atom stereocenters. The van der Waals surface area contributed by atoms with Gasteiger partial charge in [0.15, 0.2) is 0 Å². The third kappa shape index (κ3) is 6.50. The van der Waals surface area contributed by atoms with E-state index in [1.165, 1.54) is 0 Å². The fourth-order valence-corrected chi connectivity index (χ4v) is 7.11. The van der Waals surface area contributed by atoms with Gasteiger partial charge in [-0.05, 0) is 116 Å². The molecule has 7 nitrogen and oxygen atoms in total. The Morgan fingerprint density at radius 1 is 0.939 bits per heavy atom. The number of halogens is 9. The summed E-state index contributed by atoms with van der Waals surface area (Å²) in [6.45, 7) is 0. The maximum absolute atomic E-state index is 13.9. The first-order valence-electron chi connectivity index (χ1n) is 8.70. The number of alkyl halides is 5. The molecule has 17 heteroatoms. The number of carbonyl (C=O) groups is 2. The van der Waals surface area contributed by atoms with Gasteiger partial charge in [-0.25, -0.2) is 4.79 Å². The molecule has 1 aliphatic carbocycles. The normalized spacial score (nSPS) is 16.5. The Bertz CT molecular complexity index is 1080. The highest BCUT2D eigenvalue weighted by Crippen LogP contribution is 2.38. The molecule has 1 fully saturated rings. The average Bonchev–Trinajstić information content (AvgIpc) is 3.17. The van der Waals surface area contributed by atoms with Crippen molar-refractivity contribution in [1.82, 2.24) is 5.32 Å².